The Hall–Kier alpha value is -0.780. The molecule has 0 radical (unpaired) electrons. The van der Waals surface area contributed by atoms with Crippen LogP contribution in [0.2, 0.25) is 0 Å². The van der Waals surface area contributed by atoms with Crippen LogP contribution in [0.1, 0.15) is 25.7 Å². The largest absolute Gasteiger partial charge is 0.401 e. The first-order chi connectivity index (χ1) is 7.88. The van der Waals surface area contributed by atoms with Crippen molar-refractivity contribution in [3.05, 3.63) is 0 Å². The minimum atomic E-state index is -4.26. The highest BCUT2D eigenvalue weighted by molar-refractivity contribution is 5.77. The molecule has 0 saturated heterocycles. The third kappa shape index (κ3) is 5.91. The maximum Gasteiger partial charge on any atom is 0.401 e. The van der Waals surface area contributed by atoms with Gasteiger partial charge in [0.05, 0.1) is 13.1 Å². The Morgan fingerprint density at radius 1 is 1.35 bits per heavy atom. The van der Waals surface area contributed by atoms with Gasteiger partial charge in [-0.05, 0) is 18.8 Å². The number of hydrogen-bond donors (Lipinski definition) is 1. The lowest BCUT2D eigenvalue weighted by Gasteiger charge is -2.21. The molecule has 0 bridgehead atoms. The van der Waals surface area contributed by atoms with Gasteiger partial charge in [-0.3, -0.25) is 4.79 Å². The fourth-order valence-corrected chi connectivity index (χ4v) is 2.13. The predicted molar refractivity (Wildman–Crippen MR) is 58.5 cm³/mol. The molecular formula is C11H19F3N2O. The van der Waals surface area contributed by atoms with Crippen molar-refractivity contribution in [2.75, 3.05) is 26.7 Å². The van der Waals surface area contributed by atoms with Gasteiger partial charge < -0.3 is 10.2 Å². The molecule has 17 heavy (non-hydrogen) atoms. The highest BCUT2D eigenvalue weighted by Crippen LogP contribution is 2.25. The first kappa shape index (κ1) is 14.3. The summed E-state index contributed by atoms with van der Waals surface area (Å²) >= 11 is 0. The Balaban J connectivity index is 2.17. The molecule has 0 heterocycles. The van der Waals surface area contributed by atoms with Gasteiger partial charge in [-0.2, -0.15) is 13.2 Å². The minimum Gasteiger partial charge on any atom is -0.344 e. The van der Waals surface area contributed by atoms with E-state index in [0.29, 0.717) is 12.5 Å². The van der Waals surface area contributed by atoms with E-state index in [1.54, 1.807) is 7.05 Å². The minimum absolute atomic E-state index is 0.247. The van der Waals surface area contributed by atoms with Gasteiger partial charge in [0.2, 0.25) is 5.91 Å². The fraction of sp³-hybridized carbons (Fsp3) is 0.909. The molecule has 0 unspecified atom stereocenters. The van der Waals surface area contributed by atoms with Crippen molar-refractivity contribution in [3.63, 3.8) is 0 Å². The molecule has 1 aliphatic rings. The third-order valence-electron chi connectivity index (χ3n) is 3.03. The summed E-state index contributed by atoms with van der Waals surface area (Å²) in [5.41, 5.74) is 0. The van der Waals surface area contributed by atoms with Crippen LogP contribution in [0, 0.1) is 5.92 Å². The average Bonchev–Trinajstić information content (AvgIpc) is 2.68. The molecule has 3 nitrogen and oxygen atoms in total. The summed E-state index contributed by atoms with van der Waals surface area (Å²) in [6.45, 7) is -0.703. The van der Waals surface area contributed by atoms with Crippen LogP contribution in [0.15, 0.2) is 0 Å². The van der Waals surface area contributed by atoms with Crippen LogP contribution in [-0.2, 0) is 4.79 Å². The predicted octanol–water partition coefficient (Wildman–Crippen LogP) is 1.79. The molecular weight excluding hydrogens is 233 g/mol. The number of alkyl halides is 3. The standard InChI is InChI=1S/C11H19F3N2O/c1-16(7-9-4-2-3-5-9)10(17)6-15-8-11(12,13)14/h9,15H,2-8H2,1H3. The van der Waals surface area contributed by atoms with Crippen molar-refractivity contribution in [1.82, 2.24) is 10.2 Å². The Morgan fingerprint density at radius 3 is 2.47 bits per heavy atom. The zero-order chi connectivity index (χ0) is 12.9. The quantitative estimate of drug-likeness (QED) is 0.809. The highest BCUT2D eigenvalue weighted by atomic mass is 19.4. The third-order valence-corrected chi connectivity index (χ3v) is 3.03. The second-order valence-corrected chi connectivity index (χ2v) is 4.64. The topological polar surface area (TPSA) is 32.3 Å². The molecule has 1 fully saturated rings. The van der Waals surface area contributed by atoms with Gasteiger partial charge in [-0.1, -0.05) is 12.8 Å². The second kappa shape index (κ2) is 6.23. The molecule has 1 amide bonds. The zero-order valence-corrected chi connectivity index (χ0v) is 10.0. The summed E-state index contributed by atoms with van der Waals surface area (Å²) in [5, 5.41) is 2.11. The number of amides is 1. The van der Waals surface area contributed by atoms with Crippen molar-refractivity contribution in [2.45, 2.75) is 31.9 Å². The molecule has 1 aliphatic carbocycles. The van der Waals surface area contributed by atoms with E-state index in [1.807, 2.05) is 0 Å². The van der Waals surface area contributed by atoms with Crippen LogP contribution < -0.4 is 5.32 Å². The molecule has 6 heteroatoms. The first-order valence-corrected chi connectivity index (χ1v) is 5.90. The van der Waals surface area contributed by atoms with Crippen molar-refractivity contribution in [3.8, 4) is 0 Å². The van der Waals surface area contributed by atoms with E-state index in [9.17, 15) is 18.0 Å². The lowest BCUT2D eigenvalue weighted by atomic mass is 10.1. The number of carbonyl (C=O) groups excluding carboxylic acids is 1. The van der Waals surface area contributed by atoms with Crippen molar-refractivity contribution >= 4 is 5.91 Å². The molecule has 0 aromatic carbocycles. The van der Waals surface area contributed by atoms with Crippen LogP contribution in [0.4, 0.5) is 13.2 Å². The van der Waals surface area contributed by atoms with Crippen molar-refractivity contribution in [2.24, 2.45) is 5.92 Å². The van der Waals surface area contributed by atoms with E-state index in [1.165, 1.54) is 17.7 Å². The number of halogens is 3. The van der Waals surface area contributed by atoms with Crippen LogP contribution >= 0.6 is 0 Å². The molecule has 1 N–H and O–H groups in total. The zero-order valence-electron chi connectivity index (χ0n) is 10.0. The van der Waals surface area contributed by atoms with E-state index < -0.39 is 12.7 Å². The molecule has 0 aliphatic heterocycles. The smallest absolute Gasteiger partial charge is 0.344 e. The summed E-state index contributed by atoms with van der Waals surface area (Å²) in [7, 11) is 1.65. The fourth-order valence-electron chi connectivity index (χ4n) is 2.13. The number of carbonyl (C=O) groups is 1. The van der Waals surface area contributed by atoms with E-state index in [4.69, 9.17) is 0 Å². The monoisotopic (exact) mass is 252 g/mol. The van der Waals surface area contributed by atoms with Gasteiger partial charge in [0, 0.05) is 13.6 Å². The summed E-state index contributed by atoms with van der Waals surface area (Å²) in [5.74, 6) is 0.243. The molecule has 100 valence electrons. The Morgan fingerprint density at radius 2 is 1.94 bits per heavy atom. The molecule has 0 aromatic rings. The van der Waals surface area contributed by atoms with Gasteiger partial charge >= 0.3 is 6.18 Å². The molecule has 1 rings (SSSR count). The number of nitrogens with zero attached hydrogens (tertiary/aromatic N) is 1. The molecule has 0 atom stereocenters. The summed E-state index contributed by atoms with van der Waals surface area (Å²) in [6.07, 6.45) is 0.365. The summed E-state index contributed by atoms with van der Waals surface area (Å²) in [6, 6.07) is 0. The molecule has 0 spiro atoms. The van der Waals surface area contributed by atoms with Crippen LogP contribution in [-0.4, -0.2) is 43.7 Å². The van der Waals surface area contributed by atoms with Crippen molar-refractivity contribution < 1.29 is 18.0 Å². The number of hydrogen-bond acceptors (Lipinski definition) is 2. The highest BCUT2D eigenvalue weighted by Gasteiger charge is 2.27. The normalized spacial score (nSPS) is 17.4. The first-order valence-electron chi connectivity index (χ1n) is 5.90. The van der Waals surface area contributed by atoms with Gasteiger partial charge in [0.1, 0.15) is 0 Å². The SMILES string of the molecule is CN(CC1CCCC1)C(=O)CNCC(F)(F)F. The van der Waals surface area contributed by atoms with E-state index >= 15 is 0 Å². The van der Waals surface area contributed by atoms with Gasteiger partial charge in [-0.15, -0.1) is 0 Å². The Labute approximate surface area is 99.4 Å². The van der Waals surface area contributed by atoms with Gasteiger partial charge in [-0.25, -0.2) is 0 Å². The molecule has 1 saturated carbocycles. The second-order valence-electron chi connectivity index (χ2n) is 4.64. The van der Waals surface area contributed by atoms with E-state index in [2.05, 4.69) is 5.32 Å². The van der Waals surface area contributed by atoms with Crippen LogP contribution in [0.3, 0.4) is 0 Å². The van der Waals surface area contributed by atoms with Crippen LogP contribution in [0.25, 0.3) is 0 Å². The summed E-state index contributed by atoms with van der Waals surface area (Å²) < 4.78 is 35.5. The molecule has 0 aromatic heterocycles. The lowest BCUT2D eigenvalue weighted by molar-refractivity contribution is -0.133. The lowest BCUT2D eigenvalue weighted by Crippen LogP contribution is -2.40. The number of rotatable bonds is 5. The maximum atomic E-state index is 11.8. The number of likely N-dealkylation sites (N-methyl/N-ethyl adjacent to an activating group) is 1. The Kier molecular flexibility index (Phi) is 5.24. The average molecular weight is 252 g/mol. The van der Waals surface area contributed by atoms with Crippen molar-refractivity contribution in [1.29, 1.82) is 0 Å². The number of nitrogens with one attached hydrogen (secondary N) is 1. The van der Waals surface area contributed by atoms with Gasteiger partial charge in [0.25, 0.3) is 0 Å². The Bertz CT molecular complexity index is 250. The maximum absolute atomic E-state index is 11.8. The van der Waals surface area contributed by atoms with Gasteiger partial charge in [0.15, 0.2) is 0 Å². The van der Waals surface area contributed by atoms with Crippen LogP contribution in [0.5, 0.6) is 0 Å². The van der Waals surface area contributed by atoms with E-state index in [-0.39, 0.29) is 12.5 Å². The van der Waals surface area contributed by atoms with E-state index in [0.717, 1.165) is 12.8 Å². The summed E-state index contributed by atoms with van der Waals surface area (Å²) in [4.78, 5) is 13.0.